The molecule has 1 aliphatic heterocycles. The van der Waals surface area contributed by atoms with Gasteiger partial charge in [0, 0.05) is 11.6 Å². The van der Waals surface area contributed by atoms with E-state index in [1.807, 2.05) is 0 Å². The predicted octanol–water partition coefficient (Wildman–Crippen LogP) is 3.79. The van der Waals surface area contributed by atoms with Gasteiger partial charge in [0.05, 0.1) is 28.3 Å². The van der Waals surface area contributed by atoms with Crippen LogP contribution in [-0.4, -0.2) is 24.5 Å². The van der Waals surface area contributed by atoms with Gasteiger partial charge >= 0.3 is 12.0 Å². The molecule has 8 heteroatoms. The minimum Gasteiger partial charge on any atom is -0.462 e. The Balaban J connectivity index is 2.33. The lowest BCUT2D eigenvalue weighted by atomic mass is 9.95. The van der Waals surface area contributed by atoms with Gasteiger partial charge < -0.3 is 15.4 Å². The topological polar surface area (TPSA) is 67.4 Å². The molecule has 0 saturated heterocycles. The Morgan fingerprint density at radius 2 is 2.04 bits per heavy atom. The summed E-state index contributed by atoms with van der Waals surface area (Å²) in [6.45, 7) is 1.85. The molecule has 0 bridgehead atoms. The molecule has 2 amide bonds. The standard InChI is InChI=1S/C15H15Cl3N2O3/c1-8-12(14(21)23-6-2-5-16)13(20-15(22)19-8)9-3-4-10(17)11(18)7-9/h3-4,7,13H,2,5-6H2,1H3,(H2,19,20,22)/t13-/m0/s1. The van der Waals surface area contributed by atoms with Crippen molar-refractivity contribution in [2.75, 3.05) is 12.5 Å². The average molecular weight is 378 g/mol. The second-order valence-corrected chi connectivity index (χ2v) is 6.11. The molecule has 2 N–H and O–H groups in total. The van der Waals surface area contributed by atoms with Crippen LogP contribution in [0, 0.1) is 0 Å². The summed E-state index contributed by atoms with van der Waals surface area (Å²) in [6, 6.07) is 3.85. The number of halogens is 3. The van der Waals surface area contributed by atoms with Crippen molar-refractivity contribution in [2.45, 2.75) is 19.4 Å². The molecule has 124 valence electrons. The molecule has 2 rings (SSSR count). The quantitative estimate of drug-likeness (QED) is 0.466. The van der Waals surface area contributed by atoms with Gasteiger partial charge in [0.2, 0.25) is 0 Å². The molecule has 0 saturated carbocycles. The van der Waals surface area contributed by atoms with E-state index in [1.54, 1.807) is 25.1 Å². The highest BCUT2D eigenvalue weighted by Gasteiger charge is 2.32. The van der Waals surface area contributed by atoms with E-state index in [2.05, 4.69) is 10.6 Å². The summed E-state index contributed by atoms with van der Waals surface area (Å²) >= 11 is 17.5. The zero-order valence-corrected chi connectivity index (χ0v) is 14.6. The first-order valence-corrected chi connectivity index (χ1v) is 8.19. The molecule has 0 aromatic heterocycles. The number of allylic oxidation sites excluding steroid dienone is 1. The monoisotopic (exact) mass is 376 g/mol. The molecule has 0 spiro atoms. The number of rotatable bonds is 5. The Morgan fingerprint density at radius 3 is 2.70 bits per heavy atom. The van der Waals surface area contributed by atoms with Crippen molar-refractivity contribution >= 4 is 46.8 Å². The fourth-order valence-corrected chi connectivity index (χ4v) is 2.62. The number of carbonyl (C=O) groups excluding carboxylic acids is 2. The van der Waals surface area contributed by atoms with Crippen LogP contribution in [0.5, 0.6) is 0 Å². The second kappa shape index (κ2) is 7.90. The molecular weight excluding hydrogens is 363 g/mol. The van der Waals surface area contributed by atoms with E-state index in [-0.39, 0.29) is 6.61 Å². The van der Waals surface area contributed by atoms with Gasteiger partial charge in [-0.1, -0.05) is 29.3 Å². The maximum absolute atomic E-state index is 12.4. The minimum absolute atomic E-state index is 0.209. The molecular formula is C15H15Cl3N2O3. The highest BCUT2D eigenvalue weighted by atomic mass is 35.5. The van der Waals surface area contributed by atoms with Crippen LogP contribution >= 0.6 is 34.8 Å². The number of ether oxygens (including phenoxy) is 1. The average Bonchev–Trinajstić information content (AvgIpc) is 2.49. The molecule has 5 nitrogen and oxygen atoms in total. The Bertz CT molecular complexity index is 661. The number of hydrogen-bond donors (Lipinski definition) is 2. The Morgan fingerprint density at radius 1 is 1.30 bits per heavy atom. The van der Waals surface area contributed by atoms with E-state index in [4.69, 9.17) is 39.5 Å². The molecule has 23 heavy (non-hydrogen) atoms. The maximum atomic E-state index is 12.4. The number of hydrogen-bond acceptors (Lipinski definition) is 3. The molecule has 0 aliphatic carbocycles. The van der Waals surface area contributed by atoms with Crippen LogP contribution in [0.25, 0.3) is 0 Å². The first-order valence-electron chi connectivity index (χ1n) is 6.90. The lowest BCUT2D eigenvalue weighted by Crippen LogP contribution is -2.45. The van der Waals surface area contributed by atoms with Gasteiger partial charge in [0.1, 0.15) is 0 Å². The number of benzene rings is 1. The third-order valence-electron chi connectivity index (χ3n) is 3.28. The molecule has 1 aromatic carbocycles. The molecule has 0 radical (unpaired) electrons. The van der Waals surface area contributed by atoms with E-state index < -0.39 is 18.0 Å². The van der Waals surface area contributed by atoms with Gasteiger partial charge in [-0.2, -0.15) is 0 Å². The van der Waals surface area contributed by atoms with Crippen molar-refractivity contribution in [3.63, 3.8) is 0 Å². The summed E-state index contributed by atoms with van der Waals surface area (Å²) in [6.07, 6.45) is 0.552. The SMILES string of the molecule is CC1=C(C(=O)OCCCCl)[C@H](c2ccc(Cl)c(Cl)c2)NC(=O)N1. The van der Waals surface area contributed by atoms with Crippen molar-refractivity contribution in [1.82, 2.24) is 10.6 Å². The highest BCUT2D eigenvalue weighted by Crippen LogP contribution is 2.31. The van der Waals surface area contributed by atoms with Crippen LogP contribution in [0.15, 0.2) is 29.5 Å². The summed E-state index contributed by atoms with van der Waals surface area (Å²) in [5.41, 5.74) is 1.39. The number of nitrogens with one attached hydrogen (secondary N) is 2. The van der Waals surface area contributed by atoms with Crippen LogP contribution in [0.3, 0.4) is 0 Å². The summed E-state index contributed by atoms with van der Waals surface area (Å²) in [4.78, 5) is 24.1. The number of urea groups is 1. The van der Waals surface area contributed by atoms with Gasteiger partial charge in [0.15, 0.2) is 0 Å². The van der Waals surface area contributed by atoms with E-state index >= 15 is 0 Å². The normalized spacial score (nSPS) is 17.6. The van der Waals surface area contributed by atoms with Crippen molar-refractivity contribution in [3.8, 4) is 0 Å². The molecule has 1 atom stereocenters. The van der Waals surface area contributed by atoms with Gasteiger partial charge in [-0.25, -0.2) is 9.59 Å². The van der Waals surface area contributed by atoms with Crippen LogP contribution < -0.4 is 10.6 Å². The summed E-state index contributed by atoms with van der Waals surface area (Å²) in [5.74, 6) is -0.118. The fraction of sp³-hybridized carbons (Fsp3) is 0.333. The van der Waals surface area contributed by atoms with Crippen molar-refractivity contribution in [3.05, 3.63) is 45.1 Å². The van der Waals surface area contributed by atoms with Gasteiger partial charge in [0.25, 0.3) is 0 Å². The molecule has 0 fully saturated rings. The summed E-state index contributed by atoms with van der Waals surface area (Å²) in [7, 11) is 0. The third-order valence-corrected chi connectivity index (χ3v) is 4.28. The van der Waals surface area contributed by atoms with Crippen molar-refractivity contribution in [1.29, 1.82) is 0 Å². The first-order chi connectivity index (χ1) is 10.9. The fourth-order valence-electron chi connectivity index (χ4n) is 2.20. The molecule has 1 aliphatic rings. The Labute approximate surface area is 148 Å². The highest BCUT2D eigenvalue weighted by molar-refractivity contribution is 6.42. The predicted molar refractivity (Wildman–Crippen MR) is 89.9 cm³/mol. The number of esters is 1. The first kappa shape index (κ1) is 17.9. The van der Waals surface area contributed by atoms with Gasteiger partial charge in [-0.15, -0.1) is 11.6 Å². The number of amides is 2. The van der Waals surface area contributed by atoms with E-state index in [0.717, 1.165) is 0 Å². The number of carbonyl (C=O) groups is 2. The van der Waals surface area contributed by atoms with E-state index in [0.29, 0.717) is 39.2 Å². The lowest BCUT2D eigenvalue weighted by Gasteiger charge is -2.28. The largest absolute Gasteiger partial charge is 0.462 e. The van der Waals surface area contributed by atoms with Crippen molar-refractivity contribution in [2.24, 2.45) is 0 Å². The minimum atomic E-state index is -0.665. The molecule has 1 heterocycles. The zero-order valence-electron chi connectivity index (χ0n) is 12.3. The Kier molecular flexibility index (Phi) is 6.16. The zero-order chi connectivity index (χ0) is 17.0. The summed E-state index contributed by atoms with van der Waals surface area (Å²) < 4.78 is 5.20. The Hall–Kier alpha value is -1.43. The summed E-state index contributed by atoms with van der Waals surface area (Å²) in [5, 5.41) is 5.99. The van der Waals surface area contributed by atoms with E-state index in [9.17, 15) is 9.59 Å². The lowest BCUT2D eigenvalue weighted by molar-refractivity contribution is -0.139. The second-order valence-electron chi connectivity index (χ2n) is 4.92. The molecule has 1 aromatic rings. The molecule has 0 unspecified atom stereocenters. The third kappa shape index (κ3) is 4.31. The smallest absolute Gasteiger partial charge is 0.338 e. The van der Waals surface area contributed by atoms with Crippen LogP contribution in [0.1, 0.15) is 24.9 Å². The maximum Gasteiger partial charge on any atom is 0.338 e. The van der Waals surface area contributed by atoms with Crippen LogP contribution in [0.4, 0.5) is 4.79 Å². The van der Waals surface area contributed by atoms with Crippen LogP contribution in [0.2, 0.25) is 10.0 Å². The van der Waals surface area contributed by atoms with Gasteiger partial charge in [-0.05, 0) is 31.0 Å². The number of alkyl halides is 1. The van der Waals surface area contributed by atoms with Gasteiger partial charge in [-0.3, -0.25) is 0 Å². The van der Waals surface area contributed by atoms with Crippen LogP contribution in [-0.2, 0) is 9.53 Å². The van der Waals surface area contributed by atoms with E-state index in [1.165, 1.54) is 0 Å². The van der Waals surface area contributed by atoms with Crippen molar-refractivity contribution < 1.29 is 14.3 Å².